The molecule has 20 heavy (non-hydrogen) atoms. The molecule has 0 fully saturated rings. The molecule has 0 unspecified atom stereocenters. The Morgan fingerprint density at radius 2 is 2.00 bits per heavy atom. The summed E-state index contributed by atoms with van der Waals surface area (Å²) in [4.78, 5) is 16.1. The number of benzene rings is 1. The topological polar surface area (TPSA) is 77.8 Å². The smallest absolute Gasteiger partial charge is 0.270 e. The predicted molar refractivity (Wildman–Crippen MR) is 76.1 cm³/mol. The van der Waals surface area contributed by atoms with E-state index < -0.39 is 0 Å². The van der Waals surface area contributed by atoms with Gasteiger partial charge in [0.2, 0.25) is 0 Å². The van der Waals surface area contributed by atoms with Crippen LogP contribution < -0.4 is 10.6 Å². The largest absolute Gasteiger partial charge is 0.373 e. The normalized spacial score (nSPS) is 9.60. The zero-order chi connectivity index (χ0) is 14.4. The van der Waals surface area contributed by atoms with Crippen LogP contribution in [0.3, 0.4) is 0 Å². The van der Waals surface area contributed by atoms with E-state index in [2.05, 4.69) is 21.7 Å². The number of aromatic nitrogens is 1. The molecule has 0 saturated heterocycles. The second-order valence-electron chi connectivity index (χ2n) is 4.15. The molecule has 2 N–H and O–H groups in total. The van der Waals surface area contributed by atoms with Gasteiger partial charge in [0.1, 0.15) is 11.5 Å². The van der Waals surface area contributed by atoms with E-state index in [0.29, 0.717) is 23.6 Å². The number of nitrogens with zero attached hydrogens (tertiary/aromatic N) is 2. The van der Waals surface area contributed by atoms with Crippen molar-refractivity contribution in [3.63, 3.8) is 0 Å². The van der Waals surface area contributed by atoms with Gasteiger partial charge in [0.25, 0.3) is 5.91 Å². The average Bonchev–Trinajstić information content (AvgIpc) is 2.53. The predicted octanol–water partition coefficient (Wildman–Crippen LogP) is 1.92. The Hall–Kier alpha value is -2.87. The number of hydrogen-bond donors (Lipinski definition) is 2. The van der Waals surface area contributed by atoms with Gasteiger partial charge in [-0.2, -0.15) is 5.26 Å². The Morgan fingerprint density at radius 1 is 1.25 bits per heavy atom. The van der Waals surface area contributed by atoms with Crippen LogP contribution in [0, 0.1) is 11.3 Å². The lowest BCUT2D eigenvalue weighted by Gasteiger charge is -2.06. The quantitative estimate of drug-likeness (QED) is 0.886. The van der Waals surface area contributed by atoms with Gasteiger partial charge in [0, 0.05) is 13.6 Å². The van der Waals surface area contributed by atoms with Crippen molar-refractivity contribution in [3.8, 4) is 6.07 Å². The lowest BCUT2D eigenvalue weighted by atomic mass is 10.1. The fraction of sp³-hybridized carbons (Fsp3) is 0.133. The molecule has 2 aromatic rings. The maximum Gasteiger partial charge on any atom is 0.270 e. The molecule has 0 atom stereocenters. The second-order valence-corrected chi connectivity index (χ2v) is 4.15. The third-order valence-electron chi connectivity index (χ3n) is 2.77. The maximum absolute atomic E-state index is 12.0. The van der Waals surface area contributed by atoms with Crippen molar-refractivity contribution in [3.05, 3.63) is 59.3 Å². The van der Waals surface area contributed by atoms with Gasteiger partial charge in [0.05, 0.1) is 11.6 Å². The number of rotatable bonds is 4. The number of carbonyl (C=O) groups excluding carboxylic acids is 1. The van der Waals surface area contributed by atoms with Crippen LogP contribution in [0.25, 0.3) is 0 Å². The van der Waals surface area contributed by atoms with E-state index in [1.807, 2.05) is 12.1 Å². The first-order valence-corrected chi connectivity index (χ1v) is 6.15. The van der Waals surface area contributed by atoms with Crippen LogP contribution >= 0.6 is 0 Å². The van der Waals surface area contributed by atoms with E-state index in [0.717, 1.165) is 5.56 Å². The van der Waals surface area contributed by atoms with Crippen molar-refractivity contribution >= 4 is 11.7 Å². The van der Waals surface area contributed by atoms with Crippen molar-refractivity contribution in [2.24, 2.45) is 0 Å². The van der Waals surface area contributed by atoms with E-state index in [-0.39, 0.29) is 5.91 Å². The highest BCUT2D eigenvalue weighted by Gasteiger charge is 2.07. The van der Waals surface area contributed by atoms with Crippen molar-refractivity contribution in [1.29, 1.82) is 5.26 Å². The summed E-state index contributed by atoms with van der Waals surface area (Å²) in [6.45, 7) is 0.399. The maximum atomic E-state index is 12.0. The summed E-state index contributed by atoms with van der Waals surface area (Å²) in [5.74, 6) is 0.419. The molecule has 0 bridgehead atoms. The van der Waals surface area contributed by atoms with Gasteiger partial charge in [-0.15, -0.1) is 0 Å². The minimum atomic E-state index is -0.230. The van der Waals surface area contributed by atoms with Gasteiger partial charge in [-0.1, -0.05) is 18.2 Å². The molecule has 0 aliphatic carbocycles. The number of carbonyl (C=O) groups is 1. The van der Waals surface area contributed by atoms with E-state index in [1.54, 1.807) is 37.4 Å². The summed E-state index contributed by atoms with van der Waals surface area (Å²) >= 11 is 0. The molecule has 1 aromatic carbocycles. The minimum Gasteiger partial charge on any atom is -0.373 e. The van der Waals surface area contributed by atoms with Crippen LogP contribution in [0.1, 0.15) is 21.6 Å². The molecule has 1 amide bonds. The fourth-order valence-electron chi connectivity index (χ4n) is 1.67. The number of nitrogens with one attached hydrogen (secondary N) is 2. The van der Waals surface area contributed by atoms with Crippen molar-refractivity contribution in [2.75, 3.05) is 12.4 Å². The monoisotopic (exact) mass is 266 g/mol. The molecule has 5 nitrogen and oxygen atoms in total. The molecule has 0 spiro atoms. The average molecular weight is 266 g/mol. The lowest BCUT2D eigenvalue weighted by molar-refractivity contribution is 0.0946. The van der Waals surface area contributed by atoms with Crippen LogP contribution in [0.5, 0.6) is 0 Å². The van der Waals surface area contributed by atoms with Crippen molar-refractivity contribution < 1.29 is 4.79 Å². The number of amides is 1. The SMILES string of the molecule is CNc1cccc(C(=O)NCc2ccc(C#N)cc2)n1. The van der Waals surface area contributed by atoms with Gasteiger partial charge < -0.3 is 10.6 Å². The third-order valence-corrected chi connectivity index (χ3v) is 2.77. The molecular formula is C15H14N4O. The first-order valence-electron chi connectivity index (χ1n) is 6.15. The van der Waals surface area contributed by atoms with Crippen molar-refractivity contribution in [2.45, 2.75) is 6.54 Å². The summed E-state index contributed by atoms with van der Waals surface area (Å²) in [5.41, 5.74) is 1.90. The fourth-order valence-corrected chi connectivity index (χ4v) is 1.67. The molecular weight excluding hydrogens is 252 g/mol. The Balaban J connectivity index is 1.99. The molecule has 1 heterocycles. The van der Waals surface area contributed by atoms with Gasteiger partial charge in [0.15, 0.2) is 0 Å². The molecule has 0 aliphatic rings. The summed E-state index contributed by atoms with van der Waals surface area (Å²) < 4.78 is 0. The first-order chi connectivity index (χ1) is 9.72. The molecule has 0 aliphatic heterocycles. The standard InChI is InChI=1S/C15H14N4O/c1-17-14-4-2-3-13(19-14)15(20)18-10-12-7-5-11(9-16)6-8-12/h2-8H,10H2,1H3,(H,17,19)(H,18,20). The Labute approximate surface area is 117 Å². The van der Waals surface area contributed by atoms with Gasteiger partial charge in [-0.3, -0.25) is 4.79 Å². The molecule has 100 valence electrons. The first kappa shape index (κ1) is 13.6. The van der Waals surface area contributed by atoms with Crippen molar-refractivity contribution in [1.82, 2.24) is 10.3 Å². The van der Waals surface area contributed by atoms with E-state index >= 15 is 0 Å². The summed E-state index contributed by atoms with van der Waals surface area (Å²) in [6, 6.07) is 14.4. The highest BCUT2D eigenvalue weighted by atomic mass is 16.1. The number of hydrogen-bond acceptors (Lipinski definition) is 4. The zero-order valence-electron chi connectivity index (χ0n) is 11.1. The van der Waals surface area contributed by atoms with E-state index in [9.17, 15) is 4.79 Å². The van der Waals surface area contributed by atoms with Crippen LogP contribution in [-0.2, 0) is 6.54 Å². The molecule has 5 heteroatoms. The van der Waals surface area contributed by atoms with Crippen LogP contribution in [0.4, 0.5) is 5.82 Å². The molecule has 0 saturated carbocycles. The van der Waals surface area contributed by atoms with Gasteiger partial charge in [-0.05, 0) is 29.8 Å². The van der Waals surface area contributed by atoms with Gasteiger partial charge >= 0.3 is 0 Å². The summed E-state index contributed by atoms with van der Waals surface area (Å²) in [7, 11) is 1.75. The molecule has 2 rings (SSSR count). The molecule has 0 radical (unpaired) electrons. The van der Waals surface area contributed by atoms with Crippen LogP contribution in [0.15, 0.2) is 42.5 Å². The zero-order valence-corrected chi connectivity index (χ0v) is 11.1. The second kappa shape index (κ2) is 6.34. The Kier molecular flexibility index (Phi) is 4.30. The number of pyridine rings is 1. The minimum absolute atomic E-state index is 0.230. The Morgan fingerprint density at radius 3 is 2.65 bits per heavy atom. The third kappa shape index (κ3) is 3.33. The van der Waals surface area contributed by atoms with Crippen LogP contribution in [-0.4, -0.2) is 17.9 Å². The summed E-state index contributed by atoms with van der Waals surface area (Å²) in [5, 5.41) is 14.4. The highest BCUT2D eigenvalue weighted by Crippen LogP contribution is 2.05. The number of anilines is 1. The highest BCUT2D eigenvalue weighted by molar-refractivity contribution is 5.92. The lowest BCUT2D eigenvalue weighted by Crippen LogP contribution is -2.23. The van der Waals surface area contributed by atoms with Gasteiger partial charge in [-0.25, -0.2) is 4.98 Å². The number of nitriles is 1. The Bertz CT molecular complexity index is 644. The van der Waals surface area contributed by atoms with Crippen LogP contribution in [0.2, 0.25) is 0 Å². The summed E-state index contributed by atoms with van der Waals surface area (Å²) in [6.07, 6.45) is 0. The molecule has 1 aromatic heterocycles. The van der Waals surface area contributed by atoms with E-state index in [4.69, 9.17) is 5.26 Å². The van der Waals surface area contributed by atoms with E-state index in [1.165, 1.54) is 0 Å².